The summed E-state index contributed by atoms with van der Waals surface area (Å²) in [6.45, 7) is 8.93. The van der Waals surface area contributed by atoms with Gasteiger partial charge in [-0.05, 0) is 48.8 Å². The van der Waals surface area contributed by atoms with Crippen LogP contribution in [0.3, 0.4) is 0 Å². The van der Waals surface area contributed by atoms with Crippen LogP contribution < -0.4 is 4.74 Å². The molecule has 26 heavy (non-hydrogen) atoms. The summed E-state index contributed by atoms with van der Waals surface area (Å²) in [4.78, 5) is 4.99. The van der Waals surface area contributed by atoms with Gasteiger partial charge in [-0.15, -0.1) is 0 Å². The predicted octanol–water partition coefficient (Wildman–Crippen LogP) is 1.99. The Kier molecular flexibility index (Phi) is 6.10. The average molecular weight is 360 g/mol. The monoisotopic (exact) mass is 360 g/mol. The topological polar surface area (TPSA) is 45.2 Å². The zero-order valence-electron chi connectivity index (χ0n) is 15.7. The summed E-state index contributed by atoms with van der Waals surface area (Å²) in [6, 6.07) is 8.56. The molecule has 5 nitrogen and oxygen atoms in total. The number of morpholine rings is 1. The van der Waals surface area contributed by atoms with Crippen LogP contribution in [0.2, 0.25) is 0 Å². The minimum absolute atomic E-state index is 0.0543. The Balaban J connectivity index is 1.20. The number of rotatable bonds is 7. The number of likely N-dealkylation sites (tertiary alicyclic amines) is 1. The molecule has 1 aromatic carbocycles. The van der Waals surface area contributed by atoms with Crippen molar-refractivity contribution in [1.82, 2.24) is 9.80 Å². The number of nitrogens with zero attached hydrogens (tertiary/aromatic N) is 2. The van der Waals surface area contributed by atoms with Crippen molar-refractivity contribution in [2.45, 2.75) is 31.9 Å². The quantitative estimate of drug-likeness (QED) is 0.754. The Morgan fingerprint density at radius 3 is 2.62 bits per heavy atom. The maximum absolute atomic E-state index is 9.79. The van der Waals surface area contributed by atoms with Crippen LogP contribution in [0.15, 0.2) is 24.3 Å². The number of hydrogen-bond acceptors (Lipinski definition) is 5. The van der Waals surface area contributed by atoms with Crippen molar-refractivity contribution in [2.24, 2.45) is 11.8 Å². The van der Waals surface area contributed by atoms with E-state index >= 15 is 0 Å². The Morgan fingerprint density at radius 1 is 1.08 bits per heavy atom. The van der Waals surface area contributed by atoms with Crippen LogP contribution >= 0.6 is 0 Å². The van der Waals surface area contributed by atoms with Crippen molar-refractivity contribution in [1.29, 1.82) is 0 Å². The molecule has 2 saturated heterocycles. The molecule has 2 aliphatic heterocycles. The van der Waals surface area contributed by atoms with Crippen LogP contribution in [0.1, 0.15) is 24.8 Å². The lowest BCUT2D eigenvalue weighted by Gasteiger charge is -2.26. The third-order valence-corrected chi connectivity index (χ3v) is 6.10. The molecule has 2 heterocycles. The SMILES string of the molecule is OC1C[C@@H]2CN(Cc3cccc(OCCCN4CCOCC4)c3)C[C@@H]2C1. The van der Waals surface area contributed by atoms with Gasteiger partial charge in [0.25, 0.3) is 0 Å². The molecule has 3 atom stereocenters. The summed E-state index contributed by atoms with van der Waals surface area (Å²) in [5, 5.41) is 9.79. The smallest absolute Gasteiger partial charge is 0.119 e. The van der Waals surface area contributed by atoms with E-state index < -0.39 is 0 Å². The number of aliphatic hydroxyl groups is 1. The van der Waals surface area contributed by atoms with E-state index in [-0.39, 0.29) is 6.10 Å². The molecule has 0 aromatic heterocycles. The van der Waals surface area contributed by atoms with E-state index in [1.807, 2.05) is 0 Å². The second-order valence-corrected chi connectivity index (χ2v) is 8.14. The molecule has 0 bridgehead atoms. The molecule has 3 aliphatic rings. The molecule has 1 aliphatic carbocycles. The second kappa shape index (κ2) is 8.70. The first-order valence-electron chi connectivity index (χ1n) is 10.2. The average Bonchev–Trinajstić information content (AvgIpc) is 3.16. The fraction of sp³-hybridized carbons (Fsp3) is 0.714. The molecule has 0 spiro atoms. The first kappa shape index (κ1) is 18.2. The highest BCUT2D eigenvalue weighted by Gasteiger charge is 2.39. The van der Waals surface area contributed by atoms with Crippen molar-refractivity contribution in [3.05, 3.63) is 29.8 Å². The van der Waals surface area contributed by atoms with Gasteiger partial charge in [0, 0.05) is 39.3 Å². The normalized spacial score (nSPS) is 29.8. The molecule has 1 saturated carbocycles. The van der Waals surface area contributed by atoms with Crippen molar-refractivity contribution in [2.75, 3.05) is 52.5 Å². The van der Waals surface area contributed by atoms with Crippen LogP contribution in [0, 0.1) is 11.8 Å². The van der Waals surface area contributed by atoms with E-state index in [9.17, 15) is 5.11 Å². The molecule has 0 radical (unpaired) electrons. The summed E-state index contributed by atoms with van der Waals surface area (Å²) < 4.78 is 11.4. The lowest BCUT2D eigenvalue weighted by Crippen LogP contribution is -2.37. The van der Waals surface area contributed by atoms with Crippen LogP contribution in [0.5, 0.6) is 5.75 Å². The summed E-state index contributed by atoms with van der Waals surface area (Å²) in [6.07, 6.45) is 2.99. The summed E-state index contributed by atoms with van der Waals surface area (Å²) in [5.74, 6) is 2.38. The van der Waals surface area contributed by atoms with Crippen molar-refractivity contribution < 1.29 is 14.6 Å². The molecule has 4 rings (SSSR count). The Labute approximate surface area is 156 Å². The van der Waals surface area contributed by atoms with Gasteiger partial charge in [-0.25, -0.2) is 0 Å². The zero-order valence-corrected chi connectivity index (χ0v) is 15.7. The number of aliphatic hydroxyl groups excluding tert-OH is 1. The van der Waals surface area contributed by atoms with Crippen molar-refractivity contribution >= 4 is 0 Å². The van der Waals surface area contributed by atoms with Crippen LogP contribution in [-0.2, 0) is 11.3 Å². The van der Waals surface area contributed by atoms with Gasteiger partial charge in [-0.2, -0.15) is 0 Å². The van der Waals surface area contributed by atoms with Gasteiger partial charge in [0.15, 0.2) is 0 Å². The minimum Gasteiger partial charge on any atom is -0.494 e. The lowest BCUT2D eigenvalue weighted by molar-refractivity contribution is 0.0358. The number of fused-ring (bicyclic) bond motifs is 1. The fourth-order valence-corrected chi connectivity index (χ4v) is 4.79. The highest BCUT2D eigenvalue weighted by Crippen LogP contribution is 2.38. The zero-order chi connectivity index (χ0) is 17.8. The molecule has 1 N–H and O–H groups in total. The molecule has 144 valence electrons. The summed E-state index contributed by atoms with van der Waals surface area (Å²) in [7, 11) is 0. The highest BCUT2D eigenvalue weighted by molar-refractivity contribution is 5.28. The van der Waals surface area contributed by atoms with Crippen molar-refractivity contribution in [3.63, 3.8) is 0 Å². The number of benzene rings is 1. The molecule has 1 unspecified atom stereocenters. The van der Waals surface area contributed by atoms with E-state index in [0.717, 1.165) is 84.1 Å². The first-order chi connectivity index (χ1) is 12.8. The summed E-state index contributed by atoms with van der Waals surface area (Å²) in [5.41, 5.74) is 1.33. The van der Waals surface area contributed by atoms with Crippen molar-refractivity contribution in [3.8, 4) is 5.75 Å². The van der Waals surface area contributed by atoms with E-state index in [0.29, 0.717) is 11.8 Å². The third kappa shape index (κ3) is 4.77. The molecule has 5 heteroatoms. The highest BCUT2D eigenvalue weighted by atomic mass is 16.5. The van der Waals surface area contributed by atoms with Gasteiger partial charge in [0.05, 0.1) is 25.9 Å². The maximum Gasteiger partial charge on any atom is 0.119 e. The van der Waals surface area contributed by atoms with Crippen LogP contribution in [0.4, 0.5) is 0 Å². The molecular formula is C21H32N2O3. The molecular weight excluding hydrogens is 328 g/mol. The first-order valence-corrected chi connectivity index (χ1v) is 10.2. The third-order valence-electron chi connectivity index (χ3n) is 6.10. The van der Waals surface area contributed by atoms with E-state index in [2.05, 4.69) is 34.1 Å². The van der Waals surface area contributed by atoms with E-state index in [4.69, 9.17) is 9.47 Å². The second-order valence-electron chi connectivity index (χ2n) is 8.14. The molecule has 0 amide bonds. The molecule has 3 fully saturated rings. The Hall–Kier alpha value is -1.14. The maximum atomic E-state index is 9.79. The largest absolute Gasteiger partial charge is 0.494 e. The molecule has 1 aromatic rings. The standard InChI is InChI=1S/C21H32N2O3/c24-20-12-18-15-23(16-19(18)13-20)14-17-3-1-4-21(11-17)26-8-2-5-22-6-9-25-10-7-22/h1,3-4,11,18-20,24H,2,5-10,12-16H2/t18-,19+,20?. The van der Waals surface area contributed by atoms with E-state index in [1.54, 1.807) is 0 Å². The van der Waals surface area contributed by atoms with Crippen LogP contribution in [0.25, 0.3) is 0 Å². The van der Waals surface area contributed by atoms with E-state index in [1.165, 1.54) is 5.56 Å². The summed E-state index contributed by atoms with van der Waals surface area (Å²) >= 11 is 0. The number of hydrogen-bond donors (Lipinski definition) is 1. The van der Waals surface area contributed by atoms with Gasteiger partial charge in [0.2, 0.25) is 0 Å². The lowest BCUT2D eigenvalue weighted by atomic mass is 10.0. The predicted molar refractivity (Wildman–Crippen MR) is 101 cm³/mol. The Morgan fingerprint density at radius 2 is 1.85 bits per heavy atom. The minimum atomic E-state index is -0.0543. The number of ether oxygens (including phenoxy) is 2. The van der Waals surface area contributed by atoms with Crippen LogP contribution in [-0.4, -0.2) is 73.6 Å². The fourth-order valence-electron chi connectivity index (χ4n) is 4.79. The van der Waals surface area contributed by atoms with Gasteiger partial charge in [-0.3, -0.25) is 9.80 Å². The van der Waals surface area contributed by atoms with Gasteiger partial charge in [-0.1, -0.05) is 12.1 Å². The van der Waals surface area contributed by atoms with Gasteiger partial charge in [0.1, 0.15) is 5.75 Å². The van der Waals surface area contributed by atoms with Gasteiger partial charge < -0.3 is 14.6 Å². The van der Waals surface area contributed by atoms with Gasteiger partial charge >= 0.3 is 0 Å². The Bertz CT molecular complexity index is 562.